The molecular formula is C9H7Cl2N. The Balaban J connectivity index is 2.56. The summed E-state index contributed by atoms with van der Waals surface area (Å²) in [6.07, 6.45) is 4.06. The van der Waals surface area contributed by atoms with Crippen molar-refractivity contribution >= 4 is 35.1 Å². The first-order valence-corrected chi connectivity index (χ1v) is 4.38. The summed E-state index contributed by atoms with van der Waals surface area (Å²) in [4.78, 5) is 0. The summed E-state index contributed by atoms with van der Waals surface area (Å²) in [5, 5.41) is 0.717. The van der Waals surface area contributed by atoms with E-state index in [9.17, 15) is 0 Å². The molecule has 1 aliphatic heterocycles. The van der Waals surface area contributed by atoms with Gasteiger partial charge in [-0.05, 0) is 17.7 Å². The molecular weight excluding hydrogens is 193 g/mol. The maximum atomic E-state index is 5.94. The first kappa shape index (κ1) is 7.96. The molecule has 0 N–H and O–H groups in total. The Morgan fingerprint density at radius 2 is 2.17 bits per heavy atom. The highest BCUT2D eigenvalue weighted by Crippen LogP contribution is 2.29. The standard InChI is InChI=1S/C9H7Cl2N/c10-8-4-3-7-2-1-5-12(11)9(7)6-8/h1-4,6H,5H2. The lowest BCUT2D eigenvalue weighted by Gasteiger charge is -2.20. The fourth-order valence-corrected chi connectivity index (χ4v) is 1.63. The van der Waals surface area contributed by atoms with Crippen molar-refractivity contribution in [3.8, 4) is 0 Å². The van der Waals surface area contributed by atoms with Crippen molar-refractivity contribution in [1.82, 2.24) is 0 Å². The summed E-state index contributed by atoms with van der Waals surface area (Å²) in [6.45, 7) is 0.731. The lowest BCUT2D eigenvalue weighted by atomic mass is 10.1. The summed E-state index contributed by atoms with van der Waals surface area (Å²) in [5.41, 5.74) is 2.09. The summed E-state index contributed by atoms with van der Waals surface area (Å²) in [7, 11) is 0. The molecule has 0 saturated carbocycles. The number of hydrogen-bond donors (Lipinski definition) is 0. The summed E-state index contributed by atoms with van der Waals surface area (Å²) in [5.74, 6) is 0. The Kier molecular flexibility index (Phi) is 1.99. The third kappa shape index (κ3) is 1.30. The fourth-order valence-electron chi connectivity index (χ4n) is 1.24. The quantitative estimate of drug-likeness (QED) is 0.580. The van der Waals surface area contributed by atoms with E-state index in [1.807, 2.05) is 30.4 Å². The van der Waals surface area contributed by atoms with E-state index in [0.717, 1.165) is 22.8 Å². The van der Waals surface area contributed by atoms with E-state index >= 15 is 0 Å². The number of fused-ring (bicyclic) bond motifs is 1. The third-order valence-electron chi connectivity index (χ3n) is 1.82. The second-order valence-electron chi connectivity index (χ2n) is 2.65. The molecule has 1 nitrogen and oxygen atoms in total. The zero-order valence-electron chi connectivity index (χ0n) is 6.30. The molecule has 0 bridgehead atoms. The molecule has 62 valence electrons. The number of nitrogens with zero attached hydrogens (tertiary/aromatic N) is 1. The highest BCUT2D eigenvalue weighted by Gasteiger charge is 2.10. The lowest BCUT2D eigenvalue weighted by molar-refractivity contribution is 1.18. The van der Waals surface area contributed by atoms with E-state index in [1.165, 1.54) is 0 Å². The van der Waals surface area contributed by atoms with E-state index in [-0.39, 0.29) is 0 Å². The Morgan fingerprint density at radius 1 is 1.33 bits per heavy atom. The number of rotatable bonds is 0. The molecule has 0 spiro atoms. The molecule has 1 aliphatic rings. The molecule has 2 rings (SSSR count). The monoisotopic (exact) mass is 199 g/mol. The molecule has 1 aromatic carbocycles. The molecule has 3 heteroatoms. The van der Waals surface area contributed by atoms with E-state index < -0.39 is 0 Å². The molecule has 0 aliphatic carbocycles. The molecule has 0 radical (unpaired) electrons. The van der Waals surface area contributed by atoms with Crippen molar-refractivity contribution in [2.24, 2.45) is 0 Å². The Morgan fingerprint density at radius 3 is 3.00 bits per heavy atom. The summed E-state index contributed by atoms with van der Waals surface area (Å²) < 4.78 is 1.65. The molecule has 0 atom stereocenters. The molecule has 0 aromatic heterocycles. The van der Waals surface area contributed by atoms with Crippen LogP contribution >= 0.6 is 23.4 Å². The van der Waals surface area contributed by atoms with Gasteiger partial charge >= 0.3 is 0 Å². The van der Waals surface area contributed by atoms with Crippen LogP contribution in [0.4, 0.5) is 5.69 Å². The van der Waals surface area contributed by atoms with Gasteiger partial charge in [-0.15, -0.1) is 0 Å². The predicted octanol–water partition coefficient (Wildman–Crippen LogP) is 3.33. The van der Waals surface area contributed by atoms with Crippen LogP contribution in [0.1, 0.15) is 5.56 Å². The average Bonchev–Trinajstić information content (AvgIpc) is 2.07. The predicted molar refractivity (Wildman–Crippen MR) is 53.7 cm³/mol. The van der Waals surface area contributed by atoms with Gasteiger partial charge in [0.05, 0.1) is 12.2 Å². The van der Waals surface area contributed by atoms with E-state index in [2.05, 4.69) is 0 Å². The average molecular weight is 200 g/mol. The van der Waals surface area contributed by atoms with Gasteiger partial charge < -0.3 is 0 Å². The molecule has 0 unspecified atom stereocenters. The zero-order valence-corrected chi connectivity index (χ0v) is 7.81. The van der Waals surface area contributed by atoms with Crippen LogP contribution in [0.2, 0.25) is 5.02 Å². The Hall–Kier alpha value is -0.660. The van der Waals surface area contributed by atoms with Crippen molar-refractivity contribution in [3.63, 3.8) is 0 Å². The van der Waals surface area contributed by atoms with Gasteiger partial charge in [0, 0.05) is 16.8 Å². The van der Waals surface area contributed by atoms with Crippen LogP contribution in [0.15, 0.2) is 24.3 Å². The largest absolute Gasteiger partial charge is 0.281 e. The highest BCUT2D eigenvalue weighted by molar-refractivity contribution is 6.32. The van der Waals surface area contributed by atoms with Crippen molar-refractivity contribution in [2.75, 3.05) is 11.0 Å². The van der Waals surface area contributed by atoms with Crippen LogP contribution < -0.4 is 4.42 Å². The van der Waals surface area contributed by atoms with Gasteiger partial charge in [-0.1, -0.05) is 29.8 Å². The normalized spacial score (nSPS) is 14.7. The van der Waals surface area contributed by atoms with Gasteiger partial charge in [0.25, 0.3) is 0 Å². The maximum absolute atomic E-state index is 5.94. The molecule has 1 heterocycles. The summed E-state index contributed by atoms with van der Waals surface area (Å²) in [6, 6.07) is 5.69. The Labute approximate surface area is 81.3 Å². The minimum absolute atomic E-state index is 0.717. The highest BCUT2D eigenvalue weighted by atomic mass is 35.5. The summed E-state index contributed by atoms with van der Waals surface area (Å²) >= 11 is 11.8. The van der Waals surface area contributed by atoms with Crippen LogP contribution in [0.25, 0.3) is 6.08 Å². The second-order valence-corrected chi connectivity index (χ2v) is 3.49. The lowest BCUT2D eigenvalue weighted by Crippen LogP contribution is -2.13. The van der Waals surface area contributed by atoms with Crippen LogP contribution in [0.5, 0.6) is 0 Å². The minimum Gasteiger partial charge on any atom is -0.281 e. The maximum Gasteiger partial charge on any atom is 0.0613 e. The van der Waals surface area contributed by atoms with Crippen LogP contribution in [0, 0.1) is 0 Å². The number of hydrogen-bond acceptors (Lipinski definition) is 1. The van der Waals surface area contributed by atoms with Gasteiger partial charge in [-0.3, -0.25) is 4.42 Å². The number of halogens is 2. The smallest absolute Gasteiger partial charge is 0.0613 e. The SMILES string of the molecule is Clc1ccc2c(c1)N(Cl)CC=C2. The molecule has 1 aromatic rings. The van der Waals surface area contributed by atoms with Gasteiger partial charge in [0.2, 0.25) is 0 Å². The van der Waals surface area contributed by atoms with Crippen molar-refractivity contribution in [1.29, 1.82) is 0 Å². The van der Waals surface area contributed by atoms with Crippen LogP contribution in [-0.4, -0.2) is 6.54 Å². The third-order valence-corrected chi connectivity index (χ3v) is 2.37. The van der Waals surface area contributed by atoms with E-state index in [1.54, 1.807) is 4.42 Å². The zero-order chi connectivity index (χ0) is 8.55. The minimum atomic E-state index is 0.717. The molecule has 12 heavy (non-hydrogen) atoms. The van der Waals surface area contributed by atoms with E-state index in [0.29, 0.717) is 0 Å². The first-order valence-electron chi connectivity index (χ1n) is 3.67. The van der Waals surface area contributed by atoms with Gasteiger partial charge in [-0.25, -0.2) is 0 Å². The van der Waals surface area contributed by atoms with E-state index in [4.69, 9.17) is 23.4 Å². The molecule has 0 saturated heterocycles. The van der Waals surface area contributed by atoms with Crippen LogP contribution in [0.3, 0.4) is 0 Å². The second kappa shape index (κ2) is 3.00. The van der Waals surface area contributed by atoms with Crippen molar-refractivity contribution in [3.05, 3.63) is 34.9 Å². The first-order chi connectivity index (χ1) is 5.77. The van der Waals surface area contributed by atoms with Gasteiger partial charge in [0.15, 0.2) is 0 Å². The van der Waals surface area contributed by atoms with Gasteiger partial charge in [-0.2, -0.15) is 0 Å². The van der Waals surface area contributed by atoms with Gasteiger partial charge in [0.1, 0.15) is 0 Å². The Bertz CT molecular complexity index is 333. The fraction of sp³-hybridized carbons (Fsp3) is 0.111. The topological polar surface area (TPSA) is 3.24 Å². The van der Waals surface area contributed by atoms with Crippen LogP contribution in [-0.2, 0) is 0 Å². The van der Waals surface area contributed by atoms with Crippen molar-refractivity contribution < 1.29 is 0 Å². The van der Waals surface area contributed by atoms with Crippen molar-refractivity contribution in [2.45, 2.75) is 0 Å². The molecule has 0 fully saturated rings. The number of benzene rings is 1. The molecule has 0 amide bonds. The number of anilines is 1.